The third-order valence-electron chi connectivity index (χ3n) is 4.75. The number of allylic oxidation sites excluding steroid dienone is 2. The van der Waals surface area contributed by atoms with Crippen LogP contribution in [0.2, 0.25) is 0 Å². The maximum absolute atomic E-state index is 13.6. The van der Waals surface area contributed by atoms with Gasteiger partial charge in [-0.25, -0.2) is 4.39 Å². The van der Waals surface area contributed by atoms with E-state index in [2.05, 4.69) is 0 Å². The van der Waals surface area contributed by atoms with Crippen LogP contribution in [0.5, 0.6) is 5.75 Å². The van der Waals surface area contributed by atoms with Crippen LogP contribution < -0.4 is 4.74 Å². The third kappa shape index (κ3) is 4.08. The van der Waals surface area contributed by atoms with E-state index in [1.165, 1.54) is 18.2 Å². The Balaban J connectivity index is 2.01. The molecule has 1 aliphatic rings. The number of ether oxygens (including phenoxy) is 2. The Bertz CT molecular complexity index is 870. The molecule has 140 valence electrons. The Morgan fingerprint density at radius 2 is 1.93 bits per heavy atom. The van der Waals surface area contributed by atoms with Crippen molar-refractivity contribution >= 4 is 17.3 Å². The maximum atomic E-state index is 13.6. The van der Waals surface area contributed by atoms with Crippen LogP contribution in [0, 0.1) is 11.7 Å². The summed E-state index contributed by atoms with van der Waals surface area (Å²) in [5.41, 5.74) is 2.19. The molecule has 5 heteroatoms. The number of hydrogen-bond donors (Lipinski definition) is 0. The van der Waals surface area contributed by atoms with E-state index in [4.69, 9.17) is 9.47 Å². The molecular formula is C22H21FO4. The molecule has 0 unspecified atom stereocenters. The van der Waals surface area contributed by atoms with Crippen molar-refractivity contribution in [2.75, 3.05) is 13.7 Å². The zero-order valence-electron chi connectivity index (χ0n) is 15.3. The molecule has 2 aromatic rings. The van der Waals surface area contributed by atoms with Gasteiger partial charge in [-0.05, 0) is 60.4 Å². The number of ketones is 1. The van der Waals surface area contributed by atoms with Crippen LogP contribution in [-0.4, -0.2) is 25.5 Å². The summed E-state index contributed by atoms with van der Waals surface area (Å²) < 4.78 is 23.9. The molecule has 0 aromatic heterocycles. The summed E-state index contributed by atoms with van der Waals surface area (Å²) in [6.45, 7) is 1.92. The summed E-state index contributed by atoms with van der Waals surface area (Å²) in [5, 5.41) is 0. The van der Waals surface area contributed by atoms with Crippen LogP contribution in [0.1, 0.15) is 30.4 Å². The van der Waals surface area contributed by atoms with E-state index in [1.807, 2.05) is 12.1 Å². The summed E-state index contributed by atoms with van der Waals surface area (Å²) in [6.07, 6.45) is 1.88. The van der Waals surface area contributed by atoms with Crippen molar-refractivity contribution in [2.45, 2.75) is 19.3 Å². The summed E-state index contributed by atoms with van der Waals surface area (Å²) in [7, 11) is 1.57. The lowest BCUT2D eigenvalue weighted by atomic mass is 9.73. The van der Waals surface area contributed by atoms with Crippen LogP contribution in [0.15, 0.2) is 54.6 Å². The van der Waals surface area contributed by atoms with Gasteiger partial charge in [0.1, 0.15) is 17.5 Å². The van der Waals surface area contributed by atoms with Crippen molar-refractivity contribution < 1.29 is 23.5 Å². The third-order valence-corrected chi connectivity index (χ3v) is 4.75. The predicted molar refractivity (Wildman–Crippen MR) is 99.9 cm³/mol. The van der Waals surface area contributed by atoms with Gasteiger partial charge >= 0.3 is 5.97 Å². The Kier molecular flexibility index (Phi) is 5.69. The Hall–Kier alpha value is -2.95. The summed E-state index contributed by atoms with van der Waals surface area (Å²) in [6, 6.07) is 13.4. The molecule has 0 spiro atoms. The van der Waals surface area contributed by atoms with Crippen LogP contribution in [0.3, 0.4) is 0 Å². The van der Waals surface area contributed by atoms with E-state index in [0.717, 1.165) is 5.56 Å². The zero-order valence-corrected chi connectivity index (χ0v) is 15.3. The smallest absolute Gasteiger partial charge is 0.317 e. The zero-order chi connectivity index (χ0) is 19.4. The Labute approximate surface area is 157 Å². The molecule has 4 nitrogen and oxygen atoms in total. The van der Waals surface area contributed by atoms with Gasteiger partial charge in [-0.15, -0.1) is 0 Å². The van der Waals surface area contributed by atoms with Crippen LogP contribution in [0.25, 0.3) is 5.57 Å². The number of halogens is 1. The second-order valence-corrected chi connectivity index (χ2v) is 6.40. The van der Waals surface area contributed by atoms with E-state index >= 15 is 0 Å². The van der Waals surface area contributed by atoms with Crippen molar-refractivity contribution in [3.63, 3.8) is 0 Å². The maximum Gasteiger partial charge on any atom is 0.317 e. The first-order valence-corrected chi connectivity index (χ1v) is 8.84. The topological polar surface area (TPSA) is 52.6 Å². The lowest BCUT2D eigenvalue weighted by Gasteiger charge is -2.29. The summed E-state index contributed by atoms with van der Waals surface area (Å²) >= 11 is 0. The molecule has 0 fully saturated rings. The number of rotatable bonds is 5. The van der Waals surface area contributed by atoms with Crippen molar-refractivity contribution in [3.8, 4) is 5.75 Å². The molecule has 1 aliphatic carbocycles. The highest BCUT2D eigenvalue weighted by Crippen LogP contribution is 2.40. The molecule has 0 bridgehead atoms. The standard InChI is InChI=1S/C22H21FO4/c1-3-27-22(25)21-19(14-7-9-18(26-2)10-8-14)12-16(13-20(21)24)15-5-4-6-17(23)11-15/h4-11,13,19,21H,3,12H2,1-2H3/t19-,21+/m1/s1. The lowest BCUT2D eigenvalue weighted by Crippen LogP contribution is -2.34. The molecule has 27 heavy (non-hydrogen) atoms. The fourth-order valence-electron chi connectivity index (χ4n) is 3.44. The number of carbonyl (C=O) groups excluding carboxylic acids is 2. The van der Waals surface area contributed by atoms with Gasteiger partial charge in [0.25, 0.3) is 0 Å². The number of esters is 1. The fourth-order valence-corrected chi connectivity index (χ4v) is 3.44. The molecule has 0 heterocycles. The van der Waals surface area contributed by atoms with Gasteiger partial charge in [-0.1, -0.05) is 24.3 Å². The van der Waals surface area contributed by atoms with Gasteiger partial charge < -0.3 is 9.47 Å². The second-order valence-electron chi connectivity index (χ2n) is 6.40. The molecule has 3 rings (SSSR count). The van der Waals surface area contributed by atoms with Crippen molar-refractivity contribution in [3.05, 3.63) is 71.6 Å². The van der Waals surface area contributed by atoms with Gasteiger partial charge in [0.2, 0.25) is 0 Å². The minimum absolute atomic E-state index is 0.207. The van der Waals surface area contributed by atoms with Crippen molar-refractivity contribution in [2.24, 2.45) is 5.92 Å². The SMILES string of the molecule is CCOC(=O)[C@@H]1C(=O)C=C(c2cccc(F)c2)C[C@@H]1c1ccc(OC)cc1. The molecular weight excluding hydrogens is 347 g/mol. The normalized spacial score (nSPS) is 19.4. The first-order chi connectivity index (χ1) is 13.0. The average Bonchev–Trinajstić information content (AvgIpc) is 2.67. The first kappa shape index (κ1) is 18.8. The van der Waals surface area contributed by atoms with Crippen LogP contribution in [0.4, 0.5) is 4.39 Å². The highest BCUT2D eigenvalue weighted by Gasteiger charge is 2.39. The molecule has 0 aliphatic heterocycles. The molecule has 0 saturated carbocycles. The molecule has 2 aromatic carbocycles. The molecule has 0 radical (unpaired) electrons. The van der Waals surface area contributed by atoms with E-state index in [1.54, 1.807) is 38.3 Å². The summed E-state index contributed by atoms with van der Waals surface area (Å²) in [4.78, 5) is 25.2. The molecule has 0 N–H and O–H groups in total. The lowest BCUT2D eigenvalue weighted by molar-refractivity contribution is -0.151. The average molecular weight is 368 g/mol. The number of methoxy groups -OCH3 is 1. The van der Waals surface area contributed by atoms with Gasteiger partial charge in [0.05, 0.1) is 13.7 Å². The first-order valence-electron chi connectivity index (χ1n) is 8.84. The number of carbonyl (C=O) groups is 2. The second kappa shape index (κ2) is 8.16. The predicted octanol–water partition coefficient (Wildman–Crippen LogP) is 4.15. The Morgan fingerprint density at radius 3 is 2.56 bits per heavy atom. The fraction of sp³-hybridized carbons (Fsp3) is 0.273. The van der Waals surface area contributed by atoms with Gasteiger partial charge in [-0.3, -0.25) is 9.59 Å². The minimum atomic E-state index is -0.907. The van der Waals surface area contributed by atoms with Crippen LogP contribution >= 0.6 is 0 Å². The minimum Gasteiger partial charge on any atom is -0.497 e. The van der Waals surface area contributed by atoms with E-state index < -0.39 is 11.9 Å². The van der Waals surface area contributed by atoms with E-state index in [0.29, 0.717) is 23.3 Å². The van der Waals surface area contributed by atoms with Crippen molar-refractivity contribution in [1.29, 1.82) is 0 Å². The highest BCUT2D eigenvalue weighted by atomic mass is 19.1. The van der Waals surface area contributed by atoms with Crippen molar-refractivity contribution in [1.82, 2.24) is 0 Å². The van der Waals surface area contributed by atoms with E-state index in [-0.39, 0.29) is 24.1 Å². The van der Waals surface area contributed by atoms with Gasteiger partial charge in [0.15, 0.2) is 5.78 Å². The monoisotopic (exact) mass is 368 g/mol. The van der Waals surface area contributed by atoms with Gasteiger partial charge in [-0.2, -0.15) is 0 Å². The van der Waals surface area contributed by atoms with Gasteiger partial charge in [0, 0.05) is 5.92 Å². The quantitative estimate of drug-likeness (QED) is 0.588. The molecule has 0 amide bonds. The Morgan fingerprint density at radius 1 is 1.19 bits per heavy atom. The largest absolute Gasteiger partial charge is 0.497 e. The highest BCUT2D eigenvalue weighted by molar-refractivity contribution is 6.10. The number of benzene rings is 2. The van der Waals surface area contributed by atoms with Crippen LogP contribution in [-0.2, 0) is 14.3 Å². The number of hydrogen-bond acceptors (Lipinski definition) is 4. The summed E-state index contributed by atoms with van der Waals surface area (Å²) in [5.74, 6) is -1.82. The molecule has 2 atom stereocenters. The molecule has 0 saturated heterocycles. The van der Waals surface area contributed by atoms with E-state index in [9.17, 15) is 14.0 Å².